The number of sulfonamides is 1. The summed E-state index contributed by atoms with van der Waals surface area (Å²) in [5, 5.41) is 0.873. The Balaban J connectivity index is 1.73. The molecule has 2 N–H and O–H groups in total. The fourth-order valence-electron chi connectivity index (χ4n) is 3.37. The second-order valence-corrected chi connectivity index (χ2v) is 9.60. The fourth-order valence-corrected chi connectivity index (χ4v) is 5.93. The number of rotatable bonds is 4. The quantitative estimate of drug-likeness (QED) is 0.693. The first-order valence-electron chi connectivity index (χ1n) is 8.72. The van der Waals surface area contributed by atoms with E-state index < -0.39 is 22.0 Å². The molecule has 1 fully saturated rings. The highest BCUT2D eigenvalue weighted by Crippen LogP contribution is 2.38. The molecule has 1 saturated heterocycles. The predicted molar refractivity (Wildman–Crippen MR) is 106 cm³/mol. The van der Waals surface area contributed by atoms with Crippen LogP contribution in [0.25, 0.3) is 10.1 Å². The van der Waals surface area contributed by atoms with Gasteiger partial charge >= 0.3 is 0 Å². The summed E-state index contributed by atoms with van der Waals surface area (Å²) in [4.78, 5) is 16.6. The number of carbonyl (C=O) groups excluding carboxylic acids is 1. The molecule has 4 rings (SSSR count). The van der Waals surface area contributed by atoms with Gasteiger partial charge < -0.3 is 15.0 Å². The molecule has 0 aliphatic carbocycles. The molecule has 1 unspecified atom stereocenters. The van der Waals surface area contributed by atoms with Crippen LogP contribution >= 0.6 is 11.3 Å². The zero-order valence-corrected chi connectivity index (χ0v) is 17.1. The third-order valence-corrected chi connectivity index (χ3v) is 7.84. The summed E-state index contributed by atoms with van der Waals surface area (Å²) in [6.07, 6.45) is 0.927. The summed E-state index contributed by atoms with van der Waals surface area (Å²) in [6, 6.07) is 7.56. The van der Waals surface area contributed by atoms with Gasteiger partial charge in [-0.1, -0.05) is 18.2 Å². The number of amides is 1. The third-order valence-electron chi connectivity index (χ3n) is 4.90. The van der Waals surface area contributed by atoms with Crippen LogP contribution in [0.3, 0.4) is 0 Å². The van der Waals surface area contributed by atoms with E-state index in [1.165, 1.54) is 21.8 Å². The average molecular weight is 421 g/mol. The van der Waals surface area contributed by atoms with Gasteiger partial charge in [0.1, 0.15) is 5.82 Å². The Morgan fingerprint density at radius 2 is 2.11 bits per heavy atom. The number of ether oxygens (including phenoxy) is 1. The van der Waals surface area contributed by atoms with Gasteiger partial charge in [-0.2, -0.15) is 4.31 Å². The predicted octanol–water partition coefficient (Wildman–Crippen LogP) is 1.80. The van der Waals surface area contributed by atoms with E-state index in [0.29, 0.717) is 16.3 Å². The lowest BCUT2D eigenvalue weighted by molar-refractivity contribution is -0.00195. The van der Waals surface area contributed by atoms with Crippen LogP contribution in [0, 0.1) is 6.92 Å². The molecule has 1 atom stereocenters. The summed E-state index contributed by atoms with van der Waals surface area (Å²) < 4.78 is 35.9. The number of carbonyl (C=O) groups is 1. The first kappa shape index (κ1) is 19.1. The molecule has 8 nitrogen and oxygen atoms in total. The number of nitrogens with zero attached hydrogens (tertiary/aromatic N) is 3. The van der Waals surface area contributed by atoms with Crippen molar-refractivity contribution in [2.75, 3.05) is 19.7 Å². The molecule has 148 valence electrons. The number of primary amides is 1. The maximum Gasteiger partial charge on any atom is 0.262 e. The first-order valence-corrected chi connectivity index (χ1v) is 11.0. The Bertz CT molecular complexity index is 1150. The molecule has 10 heteroatoms. The van der Waals surface area contributed by atoms with Gasteiger partial charge in [0.25, 0.3) is 15.9 Å². The molecule has 3 heterocycles. The number of morpholine rings is 1. The molecule has 3 aromatic rings. The minimum atomic E-state index is -3.77. The highest BCUT2D eigenvalue weighted by molar-refractivity contribution is 7.89. The molecule has 1 aliphatic heterocycles. The maximum absolute atomic E-state index is 13.1. The van der Waals surface area contributed by atoms with E-state index >= 15 is 0 Å². The number of fused-ring (bicyclic) bond motifs is 1. The molecule has 0 saturated carbocycles. The van der Waals surface area contributed by atoms with Crippen LogP contribution in [0.4, 0.5) is 0 Å². The summed E-state index contributed by atoms with van der Waals surface area (Å²) in [7, 11) is -2.02. The Morgan fingerprint density at radius 3 is 2.79 bits per heavy atom. The Hall–Kier alpha value is -2.27. The van der Waals surface area contributed by atoms with E-state index in [1.807, 2.05) is 24.3 Å². The molecule has 2 aromatic heterocycles. The molecule has 28 heavy (non-hydrogen) atoms. The number of imidazole rings is 1. The average Bonchev–Trinajstić information content (AvgIpc) is 3.23. The number of hydrogen-bond donors (Lipinski definition) is 1. The van der Waals surface area contributed by atoms with Crippen molar-refractivity contribution in [2.24, 2.45) is 12.8 Å². The lowest BCUT2D eigenvalue weighted by Crippen LogP contribution is -2.42. The lowest BCUT2D eigenvalue weighted by atomic mass is 10.0. The van der Waals surface area contributed by atoms with E-state index in [2.05, 4.69) is 4.98 Å². The number of nitrogens with two attached hydrogens (primary N) is 1. The van der Waals surface area contributed by atoms with Gasteiger partial charge in [-0.15, -0.1) is 11.3 Å². The molecule has 0 bridgehead atoms. The molecule has 1 aliphatic rings. The first-order chi connectivity index (χ1) is 13.3. The van der Waals surface area contributed by atoms with Crippen LogP contribution in [0.15, 0.2) is 35.5 Å². The van der Waals surface area contributed by atoms with Crippen LogP contribution in [-0.4, -0.2) is 47.9 Å². The Morgan fingerprint density at radius 1 is 1.36 bits per heavy atom. The second kappa shape index (κ2) is 6.96. The van der Waals surface area contributed by atoms with Crippen molar-refractivity contribution in [3.05, 3.63) is 46.7 Å². The molecule has 0 radical (unpaired) electrons. The third kappa shape index (κ3) is 3.12. The van der Waals surface area contributed by atoms with Gasteiger partial charge in [0.15, 0.2) is 5.03 Å². The summed E-state index contributed by atoms with van der Waals surface area (Å²) >= 11 is 1.30. The fraction of sp³-hybridized carbons (Fsp3) is 0.333. The summed E-state index contributed by atoms with van der Waals surface area (Å²) in [5.74, 6) is 0.0726. The van der Waals surface area contributed by atoms with Gasteiger partial charge in [-0.3, -0.25) is 4.79 Å². The van der Waals surface area contributed by atoms with Crippen molar-refractivity contribution in [1.29, 1.82) is 0 Å². The highest BCUT2D eigenvalue weighted by Gasteiger charge is 2.35. The van der Waals surface area contributed by atoms with Crippen molar-refractivity contribution in [3.63, 3.8) is 0 Å². The molecular weight excluding hydrogens is 400 g/mol. The largest absolute Gasteiger partial charge is 0.371 e. The van der Waals surface area contributed by atoms with Crippen LogP contribution in [-0.2, 0) is 21.8 Å². The number of benzene rings is 1. The second-order valence-electron chi connectivity index (χ2n) is 6.67. The van der Waals surface area contributed by atoms with E-state index in [-0.39, 0.29) is 24.7 Å². The van der Waals surface area contributed by atoms with Crippen molar-refractivity contribution in [3.8, 4) is 0 Å². The smallest absolute Gasteiger partial charge is 0.262 e. The van der Waals surface area contributed by atoms with Crippen molar-refractivity contribution >= 4 is 37.4 Å². The zero-order chi connectivity index (χ0) is 20.1. The van der Waals surface area contributed by atoms with Crippen molar-refractivity contribution in [2.45, 2.75) is 18.1 Å². The van der Waals surface area contributed by atoms with Crippen molar-refractivity contribution < 1.29 is 17.9 Å². The number of hydrogen-bond acceptors (Lipinski definition) is 6. The van der Waals surface area contributed by atoms with E-state index in [1.54, 1.807) is 18.5 Å². The van der Waals surface area contributed by atoms with Crippen LogP contribution in [0.1, 0.15) is 27.2 Å². The standard InChI is InChI=1S/C18H20N4O4S2/c1-11-20-15(10-21(11)2)28(24,25)22-7-8-26-13(9-22)16-12-5-3-4-6-14(12)27-17(16)18(19)23/h3-6,10,13H,7-9H2,1-2H3,(H2,19,23). The van der Waals surface area contributed by atoms with Crippen LogP contribution in [0.2, 0.25) is 0 Å². The summed E-state index contributed by atoms with van der Waals surface area (Å²) in [6.45, 7) is 2.29. The molecule has 0 spiro atoms. The normalized spacial score (nSPS) is 18.6. The minimum absolute atomic E-state index is 0.0125. The highest BCUT2D eigenvalue weighted by atomic mass is 32.2. The molecule has 1 aromatic carbocycles. The lowest BCUT2D eigenvalue weighted by Gasteiger charge is -2.32. The molecular formula is C18H20N4O4S2. The monoisotopic (exact) mass is 420 g/mol. The minimum Gasteiger partial charge on any atom is -0.371 e. The van der Waals surface area contributed by atoms with E-state index in [9.17, 15) is 13.2 Å². The van der Waals surface area contributed by atoms with Gasteiger partial charge in [0.2, 0.25) is 0 Å². The van der Waals surface area contributed by atoms with Crippen LogP contribution in [0.5, 0.6) is 0 Å². The van der Waals surface area contributed by atoms with Gasteiger partial charge in [-0.05, 0) is 18.4 Å². The SMILES string of the molecule is Cc1nc(S(=O)(=O)N2CCOC(c3c(C(N)=O)sc4ccccc34)C2)cn1C. The van der Waals surface area contributed by atoms with Gasteiger partial charge in [0, 0.05) is 36.6 Å². The van der Waals surface area contributed by atoms with E-state index in [0.717, 1.165) is 10.1 Å². The van der Waals surface area contributed by atoms with Crippen LogP contribution < -0.4 is 5.73 Å². The van der Waals surface area contributed by atoms with E-state index in [4.69, 9.17) is 10.5 Å². The van der Waals surface area contributed by atoms with Gasteiger partial charge in [-0.25, -0.2) is 13.4 Å². The maximum atomic E-state index is 13.1. The zero-order valence-electron chi connectivity index (χ0n) is 15.5. The van der Waals surface area contributed by atoms with Crippen molar-refractivity contribution in [1.82, 2.24) is 13.9 Å². The number of thiophene rings is 1. The van der Waals surface area contributed by atoms with Gasteiger partial charge in [0.05, 0.1) is 17.6 Å². The topological polar surface area (TPSA) is 108 Å². The molecule has 1 amide bonds. The Labute approximate surface area is 166 Å². The number of aryl methyl sites for hydroxylation is 2. The summed E-state index contributed by atoms with van der Waals surface area (Å²) in [5.41, 5.74) is 6.24. The number of aromatic nitrogens is 2. The Kier molecular flexibility index (Phi) is 4.74.